The number of benzene rings is 1. The summed E-state index contributed by atoms with van der Waals surface area (Å²) in [5, 5.41) is 4.88. The molecule has 6 heteroatoms. The molecule has 0 unspecified atom stereocenters. The Morgan fingerprint density at radius 3 is 2.52 bits per heavy atom. The molecule has 0 atom stereocenters. The number of nitrogens with one attached hydrogen (secondary N) is 2. The van der Waals surface area contributed by atoms with E-state index in [1.165, 1.54) is 0 Å². The molecule has 0 spiro atoms. The van der Waals surface area contributed by atoms with Crippen LogP contribution in [0, 0.1) is 0 Å². The highest BCUT2D eigenvalue weighted by Crippen LogP contribution is 2.07. The van der Waals surface area contributed by atoms with Crippen LogP contribution in [-0.4, -0.2) is 49.6 Å². The minimum absolute atomic E-state index is 0.00481. The number of amides is 3. The first-order valence-electron chi connectivity index (χ1n) is 6.94. The van der Waals surface area contributed by atoms with E-state index in [-0.39, 0.29) is 18.5 Å². The highest BCUT2D eigenvalue weighted by molar-refractivity contribution is 5.95. The quantitative estimate of drug-likeness (QED) is 0.793. The average molecular weight is 293 g/mol. The third-order valence-electron chi connectivity index (χ3n) is 2.57. The van der Waals surface area contributed by atoms with Crippen molar-refractivity contribution in [2.24, 2.45) is 0 Å². The number of urea groups is 1. The summed E-state index contributed by atoms with van der Waals surface area (Å²) >= 11 is 0. The molecule has 0 aliphatic heterocycles. The first kappa shape index (κ1) is 17.0. The van der Waals surface area contributed by atoms with Crippen LogP contribution in [0.4, 0.5) is 4.79 Å². The SMILES string of the molecule is CC(C)NC(=O)NC(=O)CN(C)CCOc1ccccc1. The van der Waals surface area contributed by atoms with Crippen molar-refractivity contribution in [3.05, 3.63) is 30.3 Å². The van der Waals surface area contributed by atoms with Gasteiger partial charge in [0.15, 0.2) is 0 Å². The third kappa shape index (κ3) is 7.94. The van der Waals surface area contributed by atoms with Gasteiger partial charge in [-0.15, -0.1) is 0 Å². The molecule has 2 N–H and O–H groups in total. The number of nitrogens with zero attached hydrogens (tertiary/aromatic N) is 1. The molecule has 0 aromatic heterocycles. The van der Waals surface area contributed by atoms with Crippen molar-refractivity contribution in [3.8, 4) is 5.75 Å². The number of para-hydroxylation sites is 1. The fraction of sp³-hybridized carbons (Fsp3) is 0.467. The number of imide groups is 1. The van der Waals surface area contributed by atoms with Gasteiger partial charge < -0.3 is 10.1 Å². The van der Waals surface area contributed by atoms with Crippen LogP contribution in [0.5, 0.6) is 5.75 Å². The molecule has 116 valence electrons. The first-order chi connectivity index (χ1) is 9.97. The van der Waals surface area contributed by atoms with E-state index < -0.39 is 6.03 Å². The lowest BCUT2D eigenvalue weighted by atomic mass is 10.3. The molecule has 3 amide bonds. The van der Waals surface area contributed by atoms with Gasteiger partial charge in [-0.3, -0.25) is 15.0 Å². The Hall–Kier alpha value is -2.08. The number of rotatable bonds is 7. The normalized spacial score (nSPS) is 10.5. The second-order valence-electron chi connectivity index (χ2n) is 5.08. The monoisotopic (exact) mass is 293 g/mol. The molecule has 1 aromatic carbocycles. The molecular formula is C15H23N3O3. The topological polar surface area (TPSA) is 70.7 Å². The molecule has 0 saturated carbocycles. The van der Waals surface area contributed by atoms with Gasteiger partial charge in [-0.05, 0) is 33.0 Å². The van der Waals surface area contributed by atoms with E-state index in [1.54, 1.807) is 11.9 Å². The minimum Gasteiger partial charge on any atom is -0.492 e. The molecule has 1 aromatic rings. The molecule has 0 heterocycles. The maximum atomic E-state index is 11.6. The summed E-state index contributed by atoms with van der Waals surface area (Å²) in [4.78, 5) is 24.8. The Kier molecular flexibility index (Phi) is 7.25. The van der Waals surface area contributed by atoms with Gasteiger partial charge in [0.2, 0.25) is 5.91 Å². The van der Waals surface area contributed by atoms with Gasteiger partial charge in [-0.2, -0.15) is 0 Å². The van der Waals surface area contributed by atoms with E-state index in [4.69, 9.17) is 4.74 Å². The van der Waals surface area contributed by atoms with E-state index in [0.717, 1.165) is 5.75 Å². The Morgan fingerprint density at radius 1 is 1.24 bits per heavy atom. The summed E-state index contributed by atoms with van der Waals surface area (Å²) in [6.07, 6.45) is 0. The lowest BCUT2D eigenvalue weighted by Crippen LogP contribution is -2.46. The van der Waals surface area contributed by atoms with Crippen molar-refractivity contribution in [1.82, 2.24) is 15.5 Å². The van der Waals surface area contributed by atoms with Gasteiger partial charge in [0.1, 0.15) is 12.4 Å². The van der Waals surface area contributed by atoms with Crippen LogP contribution in [-0.2, 0) is 4.79 Å². The highest BCUT2D eigenvalue weighted by Gasteiger charge is 2.10. The zero-order valence-corrected chi connectivity index (χ0v) is 12.8. The smallest absolute Gasteiger partial charge is 0.321 e. The van der Waals surface area contributed by atoms with E-state index in [1.807, 2.05) is 44.2 Å². The van der Waals surface area contributed by atoms with Gasteiger partial charge in [-0.1, -0.05) is 18.2 Å². The van der Waals surface area contributed by atoms with Crippen molar-refractivity contribution >= 4 is 11.9 Å². The number of ether oxygens (including phenoxy) is 1. The van der Waals surface area contributed by atoms with Crippen LogP contribution in [0.3, 0.4) is 0 Å². The Labute approximate surface area is 125 Å². The van der Waals surface area contributed by atoms with Gasteiger partial charge in [0, 0.05) is 12.6 Å². The van der Waals surface area contributed by atoms with Crippen LogP contribution in [0.1, 0.15) is 13.8 Å². The number of carbonyl (C=O) groups is 2. The molecule has 0 radical (unpaired) electrons. The van der Waals surface area contributed by atoms with Gasteiger partial charge in [-0.25, -0.2) is 4.79 Å². The summed E-state index contributed by atoms with van der Waals surface area (Å²) < 4.78 is 5.54. The summed E-state index contributed by atoms with van der Waals surface area (Å²) in [7, 11) is 1.80. The second-order valence-corrected chi connectivity index (χ2v) is 5.08. The summed E-state index contributed by atoms with van der Waals surface area (Å²) in [5.41, 5.74) is 0. The van der Waals surface area contributed by atoms with Crippen molar-refractivity contribution in [3.63, 3.8) is 0 Å². The minimum atomic E-state index is -0.469. The largest absolute Gasteiger partial charge is 0.492 e. The van der Waals surface area contributed by atoms with Crippen LogP contribution >= 0.6 is 0 Å². The Balaban J connectivity index is 2.19. The van der Waals surface area contributed by atoms with Crippen LogP contribution in [0.15, 0.2) is 30.3 Å². The number of carbonyl (C=O) groups excluding carboxylic acids is 2. The lowest BCUT2D eigenvalue weighted by molar-refractivity contribution is -0.120. The average Bonchev–Trinajstić information content (AvgIpc) is 2.38. The molecule has 1 rings (SSSR count). The molecule has 0 fully saturated rings. The zero-order valence-electron chi connectivity index (χ0n) is 12.8. The van der Waals surface area contributed by atoms with Gasteiger partial charge >= 0.3 is 6.03 Å². The predicted octanol–water partition coefficient (Wildman–Crippen LogP) is 1.23. The Bertz CT molecular complexity index is 449. The molecule has 0 saturated heterocycles. The summed E-state index contributed by atoms with van der Waals surface area (Å²) in [5.74, 6) is 0.460. The van der Waals surface area contributed by atoms with Crippen LogP contribution < -0.4 is 15.4 Å². The number of hydrogen-bond acceptors (Lipinski definition) is 4. The van der Waals surface area contributed by atoms with Crippen LogP contribution in [0.2, 0.25) is 0 Å². The highest BCUT2D eigenvalue weighted by atomic mass is 16.5. The van der Waals surface area contributed by atoms with Gasteiger partial charge in [0.25, 0.3) is 0 Å². The molecule has 0 aliphatic carbocycles. The molecular weight excluding hydrogens is 270 g/mol. The van der Waals surface area contributed by atoms with E-state index in [9.17, 15) is 9.59 Å². The fourth-order valence-electron chi connectivity index (χ4n) is 1.62. The van der Waals surface area contributed by atoms with Crippen molar-refractivity contribution < 1.29 is 14.3 Å². The molecule has 0 bridgehead atoms. The van der Waals surface area contributed by atoms with E-state index >= 15 is 0 Å². The zero-order chi connectivity index (χ0) is 15.7. The number of hydrogen-bond donors (Lipinski definition) is 2. The third-order valence-corrected chi connectivity index (χ3v) is 2.57. The van der Waals surface area contributed by atoms with Crippen LogP contribution in [0.25, 0.3) is 0 Å². The van der Waals surface area contributed by atoms with Crippen molar-refractivity contribution in [2.75, 3.05) is 26.7 Å². The number of likely N-dealkylation sites (N-methyl/N-ethyl adjacent to an activating group) is 1. The fourth-order valence-corrected chi connectivity index (χ4v) is 1.62. The van der Waals surface area contributed by atoms with E-state index in [0.29, 0.717) is 13.2 Å². The molecule has 21 heavy (non-hydrogen) atoms. The molecule has 0 aliphatic rings. The van der Waals surface area contributed by atoms with Crippen molar-refractivity contribution in [1.29, 1.82) is 0 Å². The van der Waals surface area contributed by atoms with Gasteiger partial charge in [0.05, 0.1) is 6.54 Å². The Morgan fingerprint density at radius 2 is 1.90 bits per heavy atom. The summed E-state index contributed by atoms with van der Waals surface area (Å²) in [6, 6.07) is 9.01. The second kappa shape index (κ2) is 8.97. The maximum Gasteiger partial charge on any atom is 0.321 e. The standard InChI is InChI=1S/C15H23N3O3/c1-12(2)16-15(20)17-14(19)11-18(3)9-10-21-13-7-5-4-6-8-13/h4-8,12H,9-11H2,1-3H3,(H2,16,17,19,20). The predicted molar refractivity (Wildman–Crippen MR) is 81.2 cm³/mol. The molecule has 6 nitrogen and oxygen atoms in total. The lowest BCUT2D eigenvalue weighted by Gasteiger charge is -2.16. The van der Waals surface area contributed by atoms with Crippen molar-refractivity contribution in [2.45, 2.75) is 19.9 Å². The summed E-state index contributed by atoms with van der Waals surface area (Å²) in [6.45, 7) is 4.87. The van der Waals surface area contributed by atoms with E-state index in [2.05, 4.69) is 10.6 Å². The first-order valence-corrected chi connectivity index (χ1v) is 6.94. The maximum absolute atomic E-state index is 11.6.